The Morgan fingerprint density at radius 3 is 2.54 bits per heavy atom. The number of thioether (sulfide) groups is 1. The lowest BCUT2D eigenvalue weighted by Crippen LogP contribution is -2.44. The summed E-state index contributed by atoms with van der Waals surface area (Å²) in [4.78, 5) is 43.4. The molecule has 3 aromatic rings. The van der Waals surface area contributed by atoms with Crippen LogP contribution in [0.3, 0.4) is 0 Å². The van der Waals surface area contributed by atoms with Crippen LogP contribution in [0.25, 0.3) is 17.0 Å². The third kappa shape index (κ3) is 4.74. The molecular formula is C25H26N4O5S. The molecule has 1 aromatic heterocycles. The monoisotopic (exact) mass is 494 g/mol. The summed E-state index contributed by atoms with van der Waals surface area (Å²) in [5.41, 5.74) is 1.33. The molecule has 0 spiro atoms. The lowest BCUT2D eigenvalue weighted by Gasteiger charge is -2.27. The van der Waals surface area contributed by atoms with Gasteiger partial charge in [0.25, 0.3) is 17.4 Å². The Kier molecular flexibility index (Phi) is 7.11. The molecule has 2 aromatic carbocycles. The lowest BCUT2D eigenvalue weighted by atomic mass is 10.1. The van der Waals surface area contributed by atoms with Gasteiger partial charge in [-0.15, -0.1) is 0 Å². The van der Waals surface area contributed by atoms with Gasteiger partial charge in [0, 0.05) is 37.3 Å². The van der Waals surface area contributed by atoms with Crippen molar-refractivity contribution in [3.8, 4) is 11.5 Å². The van der Waals surface area contributed by atoms with Gasteiger partial charge in [-0.05, 0) is 55.2 Å². The fourth-order valence-electron chi connectivity index (χ4n) is 3.98. The van der Waals surface area contributed by atoms with Crippen molar-refractivity contribution < 1.29 is 19.1 Å². The van der Waals surface area contributed by atoms with Gasteiger partial charge < -0.3 is 9.47 Å². The van der Waals surface area contributed by atoms with Crippen LogP contribution in [-0.2, 0) is 11.8 Å². The first-order valence-electron chi connectivity index (χ1n) is 11.0. The van der Waals surface area contributed by atoms with Gasteiger partial charge in [-0.2, -0.15) is 0 Å². The van der Waals surface area contributed by atoms with E-state index in [0.29, 0.717) is 58.2 Å². The molecule has 1 aliphatic heterocycles. The Hall–Kier alpha value is -3.79. The van der Waals surface area contributed by atoms with Crippen LogP contribution in [0.2, 0.25) is 0 Å². The number of hydrogen-bond acceptors (Lipinski definition) is 7. The summed E-state index contributed by atoms with van der Waals surface area (Å²) in [6.07, 6.45) is 5.56. The zero-order chi connectivity index (χ0) is 25.1. The average Bonchev–Trinajstić information content (AvgIpc) is 3.38. The number of benzene rings is 2. The van der Waals surface area contributed by atoms with E-state index in [1.54, 1.807) is 63.7 Å². The zero-order valence-corrected chi connectivity index (χ0v) is 20.8. The Morgan fingerprint density at radius 2 is 1.83 bits per heavy atom. The second-order valence-corrected chi connectivity index (χ2v) is 8.65. The van der Waals surface area contributed by atoms with E-state index in [2.05, 4.69) is 4.98 Å². The molecule has 182 valence electrons. The van der Waals surface area contributed by atoms with Crippen molar-refractivity contribution in [3.05, 3.63) is 64.0 Å². The minimum atomic E-state index is -0.321. The van der Waals surface area contributed by atoms with Gasteiger partial charge in [-0.3, -0.25) is 19.0 Å². The SMILES string of the molecule is COc1ccc(OC)c(C=CC(=O)N2CCCN2C(=O)c2ccc3c(=O)n(C)c(SC)nc3c2)c1. The second-order valence-electron chi connectivity index (χ2n) is 7.88. The molecule has 2 heterocycles. The summed E-state index contributed by atoms with van der Waals surface area (Å²) in [7, 11) is 4.79. The van der Waals surface area contributed by atoms with Gasteiger partial charge in [-0.25, -0.2) is 15.0 Å². The molecule has 0 unspecified atom stereocenters. The minimum absolute atomic E-state index is 0.172. The number of hydrogen-bond donors (Lipinski definition) is 0. The van der Waals surface area contributed by atoms with Crippen LogP contribution in [0, 0.1) is 0 Å². The number of methoxy groups -OCH3 is 2. The van der Waals surface area contributed by atoms with E-state index in [0.717, 1.165) is 0 Å². The summed E-state index contributed by atoms with van der Waals surface area (Å²) in [5.74, 6) is 0.598. The number of rotatable bonds is 6. The van der Waals surface area contributed by atoms with Crippen LogP contribution in [0.1, 0.15) is 22.3 Å². The summed E-state index contributed by atoms with van der Waals surface area (Å²) in [6.45, 7) is 0.839. The third-order valence-corrected chi connectivity index (χ3v) is 6.56. The molecule has 0 bridgehead atoms. The Morgan fingerprint density at radius 1 is 1.06 bits per heavy atom. The molecule has 35 heavy (non-hydrogen) atoms. The predicted molar refractivity (Wildman–Crippen MR) is 135 cm³/mol. The molecule has 2 amide bonds. The maximum atomic E-state index is 13.3. The first-order chi connectivity index (χ1) is 16.9. The van der Waals surface area contributed by atoms with Crippen LogP contribution < -0.4 is 15.0 Å². The molecule has 10 heteroatoms. The highest BCUT2D eigenvalue weighted by molar-refractivity contribution is 7.98. The van der Waals surface area contributed by atoms with E-state index in [-0.39, 0.29) is 17.4 Å². The van der Waals surface area contributed by atoms with Gasteiger partial charge >= 0.3 is 0 Å². The fourth-order valence-corrected chi connectivity index (χ4v) is 4.53. The molecule has 0 saturated carbocycles. The van der Waals surface area contributed by atoms with Crippen LogP contribution in [0.5, 0.6) is 11.5 Å². The zero-order valence-electron chi connectivity index (χ0n) is 20.0. The second kappa shape index (κ2) is 10.2. The van der Waals surface area contributed by atoms with E-state index < -0.39 is 0 Å². The average molecular weight is 495 g/mol. The molecule has 0 atom stereocenters. The van der Waals surface area contributed by atoms with Crippen molar-refractivity contribution in [2.45, 2.75) is 11.6 Å². The molecule has 1 fully saturated rings. The van der Waals surface area contributed by atoms with Crippen LogP contribution in [-0.4, -0.2) is 64.9 Å². The van der Waals surface area contributed by atoms with Crippen molar-refractivity contribution in [1.82, 2.24) is 19.6 Å². The molecular weight excluding hydrogens is 468 g/mol. The molecule has 9 nitrogen and oxygen atoms in total. The van der Waals surface area contributed by atoms with Gasteiger partial charge in [-0.1, -0.05) is 11.8 Å². The van der Waals surface area contributed by atoms with Crippen molar-refractivity contribution >= 4 is 40.6 Å². The van der Waals surface area contributed by atoms with E-state index in [1.807, 2.05) is 6.26 Å². The fraction of sp³-hybridized carbons (Fsp3) is 0.280. The molecule has 1 saturated heterocycles. The number of aromatic nitrogens is 2. The largest absolute Gasteiger partial charge is 0.497 e. The maximum Gasteiger partial charge on any atom is 0.272 e. The topological polar surface area (TPSA) is 94.0 Å². The van der Waals surface area contributed by atoms with Crippen LogP contribution >= 0.6 is 11.8 Å². The van der Waals surface area contributed by atoms with E-state index in [1.165, 1.54) is 32.4 Å². The Balaban J connectivity index is 1.59. The van der Waals surface area contributed by atoms with E-state index in [9.17, 15) is 14.4 Å². The number of nitrogens with zero attached hydrogens (tertiary/aromatic N) is 4. The van der Waals surface area contributed by atoms with Gasteiger partial charge in [0.1, 0.15) is 11.5 Å². The van der Waals surface area contributed by atoms with Gasteiger partial charge in [0.05, 0.1) is 25.1 Å². The number of fused-ring (bicyclic) bond motifs is 1. The molecule has 4 rings (SSSR count). The lowest BCUT2D eigenvalue weighted by molar-refractivity contribution is -0.134. The van der Waals surface area contributed by atoms with Crippen molar-refractivity contribution in [2.24, 2.45) is 7.05 Å². The highest BCUT2D eigenvalue weighted by Crippen LogP contribution is 2.26. The minimum Gasteiger partial charge on any atom is -0.497 e. The Bertz CT molecular complexity index is 1380. The maximum absolute atomic E-state index is 13.3. The van der Waals surface area contributed by atoms with Crippen molar-refractivity contribution in [1.29, 1.82) is 0 Å². The predicted octanol–water partition coefficient (Wildman–Crippen LogP) is 2.98. The number of ether oxygens (including phenoxy) is 2. The molecule has 0 radical (unpaired) electrons. The molecule has 0 aliphatic carbocycles. The van der Waals surface area contributed by atoms with Gasteiger partial charge in [0.2, 0.25) is 0 Å². The summed E-state index contributed by atoms with van der Waals surface area (Å²) < 4.78 is 12.1. The Labute approximate surface area is 206 Å². The molecule has 1 aliphatic rings. The number of amides is 2. The van der Waals surface area contributed by atoms with Gasteiger partial charge in [0.15, 0.2) is 5.16 Å². The highest BCUT2D eigenvalue weighted by Gasteiger charge is 2.30. The third-order valence-electron chi connectivity index (χ3n) is 5.83. The standard InChI is InChI=1S/C25H26N4O5S/c1-27-24(32)19-9-6-17(15-20(19)26-25(27)35-4)23(31)29-13-5-12-28(29)22(30)11-7-16-14-18(33-2)8-10-21(16)34-3/h6-11,14-15H,5,12-13H2,1-4H3. The normalized spacial score (nSPS) is 13.6. The summed E-state index contributed by atoms with van der Waals surface area (Å²) >= 11 is 1.36. The number of carbonyl (C=O) groups is 2. The first kappa shape index (κ1) is 24.3. The van der Waals surface area contributed by atoms with Crippen LogP contribution in [0.15, 0.2) is 52.4 Å². The van der Waals surface area contributed by atoms with Crippen molar-refractivity contribution in [2.75, 3.05) is 33.6 Å². The van der Waals surface area contributed by atoms with Crippen LogP contribution in [0.4, 0.5) is 0 Å². The number of carbonyl (C=O) groups excluding carboxylic acids is 2. The van der Waals surface area contributed by atoms with Crippen molar-refractivity contribution in [3.63, 3.8) is 0 Å². The first-order valence-corrected chi connectivity index (χ1v) is 12.2. The molecule has 0 N–H and O–H groups in total. The summed E-state index contributed by atoms with van der Waals surface area (Å²) in [6, 6.07) is 10.1. The smallest absolute Gasteiger partial charge is 0.272 e. The van der Waals surface area contributed by atoms with E-state index in [4.69, 9.17) is 9.47 Å². The number of hydrazine groups is 1. The van der Waals surface area contributed by atoms with E-state index >= 15 is 0 Å². The summed E-state index contributed by atoms with van der Waals surface area (Å²) in [5, 5.41) is 3.86. The quantitative estimate of drug-likeness (QED) is 0.295. The highest BCUT2D eigenvalue weighted by atomic mass is 32.2.